The van der Waals surface area contributed by atoms with Gasteiger partial charge in [0.1, 0.15) is 5.78 Å². The number of ether oxygens (including phenoxy) is 1. The minimum absolute atomic E-state index is 0.0976. The van der Waals surface area contributed by atoms with Crippen LogP contribution in [0.15, 0.2) is 60.7 Å². The summed E-state index contributed by atoms with van der Waals surface area (Å²) < 4.78 is 12.6. The van der Waals surface area contributed by atoms with Gasteiger partial charge in [-0.1, -0.05) is 81.4 Å². The first-order valence-corrected chi connectivity index (χ1v) is 11.1. The van der Waals surface area contributed by atoms with Crippen molar-refractivity contribution in [1.82, 2.24) is 0 Å². The van der Waals surface area contributed by atoms with E-state index in [9.17, 15) is 4.79 Å². The van der Waals surface area contributed by atoms with Crippen molar-refractivity contribution in [1.29, 1.82) is 0 Å². The van der Waals surface area contributed by atoms with E-state index >= 15 is 0 Å². The van der Waals surface area contributed by atoms with Crippen molar-refractivity contribution in [2.45, 2.75) is 38.8 Å². The number of hydrogen-bond acceptors (Lipinski definition) is 3. The highest BCUT2D eigenvalue weighted by Crippen LogP contribution is 2.39. The number of rotatable bonds is 5. The lowest BCUT2D eigenvalue weighted by Crippen LogP contribution is -2.68. The second-order valence-electron chi connectivity index (χ2n) is 8.07. The van der Waals surface area contributed by atoms with Gasteiger partial charge < -0.3 is 9.16 Å². The molecule has 1 aliphatic heterocycles. The van der Waals surface area contributed by atoms with Crippen LogP contribution >= 0.6 is 0 Å². The quantitative estimate of drug-likeness (QED) is 0.761. The van der Waals surface area contributed by atoms with Crippen molar-refractivity contribution >= 4 is 24.5 Å². The van der Waals surface area contributed by atoms with E-state index in [2.05, 4.69) is 69.3 Å². The SMILES string of the molecule is CC(=O)C1COCC1O[Si](c1ccccc1)(c1ccccc1)C(C)(C)C. The Morgan fingerprint density at radius 3 is 1.88 bits per heavy atom. The van der Waals surface area contributed by atoms with E-state index in [1.165, 1.54) is 10.4 Å². The predicted molar refractivity (Wildman–Crippen MR) is 107 cm³/mol. The second kappa shape index (κ2) is 7.47. The summed E-state index contributed by atoms with van der Waals surface area (Å²) in [7, 11) is -2.63. The molecule has 1 saturated heterocycles. The van der Waals surface area contributed by atoms with Crippen LogP contribution < -0.4 is 10.4 Å². The molecule has 4 heteroatoms. The summed E-state index contributed by atoms with van der Waals surface area (Å²) in [5, 5.41) is 2.36. The fraction of sp³-hybridized carbons (Fsp3) is 0.409. The molecule has 0 amide bonds. The van der Waals surface area contributed by atoms with Gasteiger partial charge in [0, 0.05) is 0 Å². The van der Waals surface area contributed by atoms with Gasteiger partial charge in [-0.25, -0.2) is 0 Å². The zero-order valence-corrected chi connectivity index (χ0v) is 17.1. The van der Waals surface area contributed by atoms with Gasteiger partial charge in [0.15, 0.2) is 0 Å². The Bertz CT molecular complexity index is 697. The smallest absolute Gasteiger partial charge is 0.261 e. The largest absolute Gasteiger partial charge is 0.401 e. The highest BCUT2D eigenvalue weighted by molar-refractivity contribution is 6.99. The third-order valence-electron chi connectivity index (χ3n) is 5.30. The van der Waals surface area contributed by atoms with E-state index in [0.717, 1.165) is 0 Å². The van der Waals surface area contributed by atoms with Crippen LogP contribution in [-0.2, 0) is 14.0 Å². The van der Waals surface area contributed by atoms with Gasteiger partial charge >= 0.3 is 0 Å². The van der Waals surface area contributed by atoms with Crippen LogP contribution in [0.1, 0.15) is 27.7 Å². The van der Waals surface area contributed by atoms with E-state index in [4.69, 9.17) is 9.16 Å². The zero-order chi connectivity index (χ0) is 18.8. The van der Waals surface area contributed by atoms with Crippen LogP contribution in [-0.4, -0.2) is 33.4 Å². The van der Waals surface area contributed by atoms with E-state index in [1.54, 1.807) is 6.92 Å². The van der Waals surface area contributed by atoms with Gasteiger partial charge in [-0.05, 0) is 22.3 Å². The maximum atomic E-state index is 12.1. The van der Waals surface area contributed by atoms with Crippen molar-refractivity contribution in [3.8, 4) is 0 Å². The molecule has 26 heavy (non-hydrogen) atoms. The molecular formula is C22H28O3Si. The molecule has 1 heterocycles. The minimum atomic E-state index is -2.63. The first-order chi connectivity index (χ1) is 12.4. The van der Waals surface area contributed by atoms with Crippen LogP contribution in [0.4, 0.5) is 0 Å². The van der Waals surface area contributed by atoms with Crippen LogP contribution in [0, 0.1) is 5.92 Å². The molecule has 0 aliphatic carbocycles. The number of carbonyl (C=O) groups is 1. The van der Waals surface area contributed by atoms with Gasteiger partial charge in [0.2, 0.25) is 0 Å². The van der Waals surface area contributed by atoms with Crippen molar-refractivity contribution in [3.63, 3.8) is 0 Å². The molecule has 138 valence electrons. The minimum Gasteiger partial charge on any atom is -0.401 e. The molecule has 0 saturated carbocycles. The number of ketones is 1. The zero-order valence-electron chi connectivity index (χ0n) is 16.1. The van der Waals surface area contributed by atoms with Crippen molar-refractivity contribution in [3.05, 3.63) is 60.7 Å². The fourth-order valence-corrected chi connectivity index (χ4v) is 8.65. The molecule has 2 aromatic carbocycles. The maximum absolute atomic E-state index is 12.1. The van der Waals surface area contributed by atoms with Gasteiger partial charge in [0.05, 0.1) is 25.2 Å². The van der Waals surface area contributed by atoms with E-state index in [1.807, 2.05) is 12.1 Å². The van der Waals surface area contributed by atoms with E-state index < -0.39 is 8.32 Å². The molecule has 2 atom stereocenters. The molecule has 2 unspecified atom stereocenters. The molecule has 1 aliphatic rings. The lowest BCUT2D eigenvalue weighted by molar-refractivity contribution is -0.122. The van der Waals surface area contributed by atoms with Gasteiger partial charge in [-0.3, -0.25) is 4.79 Å². The lowest BCUT2D eigenvalue weighted by atomic mass is 10.0. The molecule has 0 aromatic heterocycles. The normalized spacial score (nSPS) is 20.9. The van der Waals surface area contributed by atoms with Crippen LogP contribution in [0.2, 0.25) is 5.04 Å². The number of hydrogen-bond donors (Lipinski definition) is 0. The Hall–Kier alpha value is -1.75. The molecule has 0 radical (unpaired) electrons. The molecule has 3 nitrogen and oxygen atoms in total. The average molecular weight is 369 g/mol. The molecule has 0 bridgehead atoms. The third kappa shape index (κ3) is 3.41. The first-order valence-electron chi connectivity index (χ1n) is 9.23. The number of benzene rings is 2. The monoisotopic (exact) mass is 368 g/mol. The van der Waals surface area contributed by atoms with Crippen LogP contribution in [0.25, 0.3) is 0 Å². The van der Waals surface area contributed by atoms with Gasteiger partial charge in [-0.15, -0.1) is 0 Å². The average Bonchev–Trinajstić information content (AvgIpc) is 3.08. The number of Topliss-reactive ketones (excluding diaryl/α,β-unsaturated/α-hetero) is 1. The molecule has 2 aromatic rings. The Morgan fingerprint density at radius 1 is 0.962 bits per heavy atom. The highest BCUT2D eigenvalue weighted by Gasteiger charge is 2.53. The molecule has 0 N–H and O–H groups in total. The van der Waals surface area contributed by atoms with Crippen molar-refractivity contribution in [2.24, 2.45) is 5.92 Å². The number of carbonyl (C=O) groups excluding carboxylic acids is 1. The fourth-order valence-electron chi connectivity index (χ4n) is 3.95. The van der Waals surface area contributed by atoms with E-state index in [-0.39, 0.29) is 22.8 Å². The van der Waals surface area contributed by atoms with Crippen LogP contribution in [0.3, 0.4) is 0 Å². The molecular weight excluding hydrogens is 340 g/mol. The first kappa shape index (κ1) is 19.0. The van der Waals surface area contributed by atoms with Gasteiger partial charge in [-0.2, -0.15) is 0 Å². The molecule has 3 rings (SSSR count). The Balaban J connectivity index is 2.16. The highest BCUT2D eigenvalue weighted by atomic mass is 28.4. The van der Waals surface area contributed by atoms with Crippen molar-refractivity contribution < 1.29 is 14.0 Å². The Labute approximate surface area is 157 Å². The summed E-state index contributed by atoms with van der Waals surface area (Å²) in [5.41, 5.74) is 0. The molecule has 1 fully saturated rings. The van der Waals surface area contributed by atoms with Crippen molar-refractivity contribution in [2.75, 3.05) is 13.2 Å². The Kier molecular flexibility index (Phi) is 5.46. The lowest BCUT2D eigenvalue weighted by Gasteiger charge is -2.45. The summed E-state index contributed by atoms with van der Waals surface area (Å²) >= 11 is 0. The summed E-state index contributed by atoms with van der Waals surface area (Å²) in [6, 6.07) is 21.0. The third-order valence-corrected chi connectivity index (χ3v) is 10.4. The maximum Gasteiger partial charge on any atom is 0.261 e. The Morgan fingerprint density at radius 2 is 1.46 bits per heavy atom. The summed E-state index contributed by atoms with van der Waals surface area (Å²) in [6.07, 6.45) is -0.196. The van der Waals surface area contributed by atoms with Gasteiger partial charge in [0.25, 0.3) is 8.32 Å². The summed E-state index contributed by atoms with van der Waals surface area (Å²) in [4.78, 5) is 12.1. The predicted octanol–water partition coefficient (Wildman–Crippen LogP) is 3.17. The summed E-state index contributed by atoms with van der Waals surface area (Å²) in [6.45, 7) is 9.32. The van der Waals surface area contributed by atoms with E-state index in [0.29, 0.717) is 13.2 Å². The van der Waals surface area contributed by atoms with Crippen LogP contribution in [0.5, 0.6) is 0 Å². The standard InChI is InChI=1S/C22H28O3Si/c1-17(23)20-15-24-16-21(20)25-26(22(2,3)4,18-11-7-5-8-12-18)19-13-9-6-10-14-19/h5-14,20-21H,15-16H2,1-4H3. The second-order valence-corrected chi connectivity index (χ2v) is 12.3. The summed E-state index contributed by atoms with van der Waals surface area (Å²) in [5.74, 6) is -0.0397. The molecule has 0 spiro atoms. The topological polar surface area (TPSA) is 35.5 Å².